The molecule has 1 aromatic heterocycles. The molecule has 2 heterocycles. The molecule has 1 aliphatic heterocycles. The van der Waals surface area contributed by atoms with E-state index in [2.05, 4.69) is 34.0 Å². The third kappa shape index (κ3) is 5.67. The molecule has 0 bridgehead atoms. The number of hydrogen-bond acceptors (Lipinski definition) is 5. The largest absolute Gasteiger partial charge is 0.494 e. The van der Waals surface area contributed by atoms with Gasteiger partial charge in [-0.25, -0.2) is 9.97 Å². The number of aromatic nitrogens is 2. The standard InChI is InChI=1S/C21H28N4O2/c1-16(2)9-14-27-19-6-3-5-18(15-19)24-20(26)17-7-12-25(13-8-17)21-22-10-4-11-23-21/h3-6,10-11,15-17H,7-9,12-14H2,1-2H3,(H,24,26). The Labute approximate surface area is 161 Å². The summed E-state index contributed by atoms with van der Waals surface area (Å²) in [5.74, 6) is 2.23. The number of carbonyl (C=O) groups is 1. The van der Waals surface area contributed by atoms with E-state index in [1.807, 2.05) is 30.3 Å². The molecule has 6 heteroatoms. The highest BCUT2D eigenvalue weighted by molar-refractivity contribution is 5.92. The number of nitrogens with one attached hydrogen (secondary N) is 1. The summed E-state index contributed by atoms with van der Waals surface area (Å²) in [6, 6.07) is 9.44. The molecule has 27 heavy (non-hydrogen) atoms. The zero-order valence-corrected chi connectivity index (χ0v) is 16.1. The van der Waals surface area contributed by atoms with Crippen molar-refractivity contribution in [1.82, 2.24) is 9.97 Å². The fourth-order valence-corrected chi connectivity index (χ4v) is 3.12. The average Bonchev–Trinajstić information content (AvgIpc) is 2.69. The molecule has 0 unspecified atom stereocenters. The molecule has 6 nitrogen and oxygen atoms in total. The second-order valence-corrected chi connectivity index (χ2v) is 7.36. The van der Waals surface area contributed by atoms with E-state index in [1.54, 1.807) is 12.4 Å². The topological polar surface area (TPSA) is 67.3 Å². The van der Waals surface area contributed by atoms with Gasteiger partial charge in [-0.05, 0) is 43.4 Å². The molecule has 0 aliphatic carbocycles. The van der Waals surface area contributed by atoms with Gasteiger partial charge in [0.25, 0.3) is 0 Å². The highest BCUT2D eigenvalue weighted by Crippen LogP contribution is 2.23. The quantitative estimate of drug-likeness (QED) is 0.806. The van der Waals surface area contributed by atoms with E-state index < -0.39 is 0 Å². The number of rotatable bonds is 7. The number of ether oxygens (including phenoxy) is 1. The van der Waals surface area contributed by atoms with E-state index in [0.29, 0.717) is 12.5 Å². The number of amides is 1. The smallest absolute Gasteiger partial charge is 0.227 e. The van der Waals surface area contributed by atoms with Gasteiger partial charge < -0.3 is 15.0 Å². The van der Waals surface area contributed by atoms with E-state index in [1.165, 1.54) is 0 Å². The Morgan fingerprint density at radius 3 is 2.67 bits per heavy atom. The SMILES string of the molecule is CC(C)CCOc1cccc(NC(=O)C2CCN(c3ncccn3)CC2)c1. The van der Waals surface area contributed by atoms with Gasteiger partial charge in [-0.2, -0.15) is 0 Å². The van der Waals surface area contributed by atoms with Crippen LogP contribution in [0.25, 0.3) is 0 Å². The van der Waals surface area contributed by atoms with Crippen molar-refractivity contribution in [1.29, 1.82) is 0 Å². The van der Waals surface area contributed by atoms with Crippen molar-refractivity contribution in [2.24, 2.45) is 11.8 Å². The minimum Gasteiger partial charge on any atom is -0.494 e. The van der Waals surface area contributed by atoms with Gasteiger partial charge in [0.05, 0.1) is 6.61 Å². The van der Waals surface area contributed by atoms with Crippen LogP contribution >= 0.6 is 0 Å². The predicted octanol–water partition coefficient (Wildman–Crippen LogP) is 3.76. The molecule has 144 valence electrons. The van der Waals surface area contributed by atoms with Gasteiger partial charge in [0.1, 0.15) is 5.75 Å². The molecule has 3 rings (SSSR count). The fraction of sp³-hybridized carbons (Fsp3) is 0.476. The van der Waals surface area contributed by atoms with Gasteiger partial charge in [-0.3, -0.25) is 4.79 Å². The Bertz CT molecular complexity index is 728. The first kappa shape index (κ1) is 19.1. The molecule has 0 spiro atoms. The number of hydrogen-bond donors (Lipinski definition) is 1. The maximum absolute atomic E-state index is 12.6. The van der Waals surface area contributed by atoms with Crippen LogP contribution in [0.1, 0.15) is 33.1 Å². The van der Waals surface area contributed by atoms with Crippen molar-refractivity contribution in [3.63, 3.8) is 0 Å². The second kappa shape index (κ2) is 9.35. The Morgan fingerprint density at radius 2 is 1.96 bits per heavy atom. The number of carbonyl (C=O) groups excluding carboxylic acids is 1. The highest BCUT2D eigenvalue weighted by Gasteiger charge is 2.26. The number of anilines is 2. The Morgan fingerprint density at radius 1 is 1.22 bits per heavy atom. The van der Waals surface area contributed by atoms with Crippen LogP contribution in [0.4, 0.5) is 11.6 Å². The van der Waals surface area contributed by atoms with E-state index in [9.17, 15) is 4.79 Å². The summed E-state index contributed by atoms with van der Waals surface area (Å²) in [7, 11) is 0. The van der Waals surface area contributed by atoms with E-state index in [4.69, 9.17) is 4.74 Å². The molecule has 0 saturated carbocycles. The Hall–Kier alpha value is -2.63. The molecular weight excluding hydrogens is 340 g/mol. The second-order valence-electron chi connectivity index (χ2n) is 7.36. The van der Waals surface area contributed by atoms with Crippen molar-refractivity contribution in [2.45, 2.75) is 33.1 Å². The van der Waals surface area contributed by atoms with Gasteiger partial charge in [-0.15, -0.1) is 0 Å². The van der Waals surface area contributed by atoms with Crippen molar-refractivity contribution in [3.05, 3.63) is 42.7 Å². The summed E-state index contributed by atoms with van der Waals surface area (Å²) < 4.78 is 5.78. The van der Waals surface area contributed by atoms with Gasteiger partial charge in [0.2, 0.25) is 11.9 Å². The monoisotopic (exact) mass is 368 g/mol. The lowest BCUT2D eigenvalue weighted by Crippen LogP contribution is -2.39. The third-order valence-corrected chi connectivity index (χ3v) is 4.77. The molecule has 0 radical (unpaired) electrons. The highest BCUT2D eigenvalue weighted by atomic mass is 16.5. The van der Waals surface area contributed by atoms with Crippen LogP contribution in [0.5, 0.6) is 5.75 Å². The van der Waals surface area contributed by atoms with Crippen LogP contribution in [-0.2, 0) is 4.79 Å². The van der Waals surface area contributed by atoms with Gasteiger partial charge in [0, 0.05) is 43.2 Å². The van der Waals surface area contributed by atoms with Crippen LogP contribution in [0, 0.1) is 11.8 Å². The fourth-order valence-electron chi connectivity index (χ4n) is 3.12. The third-order valence-electron chi connectivity index (χ3n) is 4.77. The molecule has 1 fully saturated rings. The summed E-state index contributed by atoms with van der Waals surface area (Å²) in [5.41, 5.74) is 0.788. The Kier molecular flexibility index (Phi) is 6.63. The molecule has 1 N–H and O–H groups in total. The van der Waals surface area contributed by atoms with Crippen LogP contribution in [0.2, 0.25) is 0 Å². The minimum atomic E-state index is 0.00970. The zero-order chi connectivity index (χ0) is 19.1. The molecule has 1 aliphatic rings. The Balaban J connectivity index is 1.49. The van der Waals surface area contributed by atoms with Crippen molar-refractivity contribution >= 4 is 17.5 Å². The normalized spacial score (nSPS) is 15.0. The first-order chi connectivity index (χ1) is 13.1. The van der Waals surface area contributed by atoms with E-state index >= 15 is 0 Å². The van der Waals surface area contributed by atoms with Crippen molar-refractivity contribution in [3.8, 4) is 5.75 Å². The van der Waals surface area contributed by atoms with Crippen LogP contribution in [0.15, 0.2) is 42.7 Å². The molecule has 1 amide bonds. The lowest BCUT2D eigenvalue weighted by molar-refractivity contribution is -0.120. The van der Waals surface area contributed by atoms with Crippen LogP contribution < -0.4 is 15.0 Å². The molecule has 2 aromatic rings. The first-order valence-corrected chi connectivity index (χ1v) is 9.67. The van der Waals surface area contributed by atoms with Gasteiger partial charge in [-0.1, -0.05) is 19.9 Å². The lowest BCUT2D eigenvalue weighted by Gasteiger charge is -2.31. The van der Waals surface area contributed by atoms with E-state index in [-0.39, 0.29) is 11.8 Å². The maximum atomic E-state index is 12.6. The molecule has 1 saturated heterocycles. The minimum absolute atomic E-state index is 0.00970. The summed E-state index contributed by atoms with van der Waals surface area (Å²) >= 11 is 0. The van der Waals surface area contributed by atoms with Gasteiger partial charge in [0.15, 0.2) is 0 Å². The molecule has 1 aromatic carbocycles. The lowest BCUT2D eigenvalue weighted by atomic mass is 9.96. The first-order valence-electron chi connectivity index (χ1n) is 9.67. The van der Waals surface area contributed by atoms with Crippen LogP contribution in [0.3, 0.4) is 0 Å². The summed E-state index contributed by atoms with van der Waals surface area (Å²) in [4.78, 5) is 23.3. The van der Waals surface area contributed by atoms with Crippen LogP contribution in [-0.4, -0.2) is 35.6 Å². The molecule has 0 atom stereocenters. The number of benzene rings is 1. The predicted molar refractivity (Wildman–Crippen MR) is 107 cm³/mol. The van der Waals surface area contributed by atoms with Gasteiger partial charge >= 0.3 is 0 Å². The summed E-state index contributed by atoms with van der Waals surface area (Å²) in [6.07, 6.45) is 6.11. The number of piperidine rings is 1. The van der Waals surface area contributed by atoms with Crippen molar-refractivity contribution < 1.29 is 9.53 Å². The maximum Gasteiger partial charge on any atom is 0.227 e. The average molecular weight is 368 g/mol. The number of nitrogens with zero attached hydrogens (tertiary/aromatic N) is 3. The summed E-state index contributed by atoms with van der Waals surface area (Å²) in [6.45, 7) is 6.63. The summed E-state index contributed by atoms with van der Waals surface area (Å²) in [5, 5.41) is 3.04. The molecular formula is C21H28N4O2. The zero-order valence-electron chi connectivity index (χ0n) is 16.1. The van der Waals surface area contributed by atoms with Crippen molar-refractivity contribution in [2.75, 3.05) is 29.9 Å². The van der Waals surface area contributed by atoms with E-state index in [0.717, 1.165) is 49.7 Å².